The number of halogens is 1. The molecule has 2 atom stereocenters. The number of benzene rings is 1. The molecule has 0 radical (unpaired) electrons. The molecule has 0 aromatic heterocycles. The first kappa shape index (κ1) is 9.97. The van der Waals surface area contributed by atoms with Crippen LogP contribution in [0.5, 0.6) is 0 Å². The van der Waals surface area contributed by atoms with Crippen LogP contribution >= 0.6 is 11.6 Å². The molecule has 1 aromatic carbocycles. The zero-order chi connectivity index (χ0) is 9.97. The maximum atomic E-state index is 6.06. The molecule has 0 spiro atoms. The number of rotatable bonds is 2. The summed E-state index contributed by atoms with van der Waals surface area (Å²) >= 11 is 6.06. The number of hydrogen-bond donors (Lipinski definition) is 1. The van der Waals surface area contributed by atoms with Gasteiger partial charge in [-0.2, -0.15) is 0 Å². The van der Waals surface area contributed by atoms with Gasteiger partial charge in [0.15, 0.2) is 0 Å². The average molecular weight is 212 g/mol. The highest BCUT2D eigenvalue weighted by atomic mass is 35.5. The topological polar surface area (TPSA) is 21.3 Å². The van der Waals surface area contributed by atoms with Crippen molar-refractivity contribution in [2.75, 3.05) is 6.54 Å². The molecular formula is C11H14ClNO. The minimum Gasteiger partial charge on any atom is -0.359 e. The molecule has 2 nitrogen and oxygen atoms in total. The molecule has 1 saturated heterocycles. The third-order valence-electron chi connectivity index (χ3n) is 2.39. The summed E-state index contributed by atoms with van der Waals surface area (Å²) < 4.78 is 5.65. The van der Waals surface area contributed by atoms with E-state index in [1.807, 2.05) is 24.3 Å². The summed E-state index contributed by atoms with van der Waals surface area (Å²) in [5.74, 6) is 0. The van der Waals surface area contributed by atoms with Gasteiger partial charge in [-0.15, -0.1) is 0 Å². The summed E-state index contributed by atoms with van der Waals surface area (Å²) in [6.07, 6.45) is 1.26. The maximum absolute atomic E-state index is 6.06. The van der Waals surface area contributed by atoms with Crippen LogP contribution in [0.15, 0.2) is 24.3 Å². The second kappa shape index (κ2) is 4.30. The largest absolute Gasteiger partial charge is 0.359 e. The molecule has 0 amide bonds. The van der Waals surface area contributed by atoms with Gasteiger partial charge in [-0.25, -0.2) is 0 Å². The van der Waals surface area contributed by atoms with E-state index in [0.29, 0.717) is 6.10 Å². The van der Waals surface area contributed by atoms with Gasteiger partial charge in [-0.05, 0) is 18.6 Å². The smallest absolute Gasteiger partial charge is 0.112 e. The molecule has 1 aliphatic heterocycles. The van der Waals surface area contributed by atoms with Gasteiger partial charge in [0.25, 0.3) is 0 Å². The predicted octanol–water partition coefficient (Wildman–Crippen LogP) is 2.22. The molecule has 1 aliphatic rings. The van der Waals surface area contributed by atoms with Gasteiger partial charge in [0, 0.05) is 18.0 Å². The number of nitrogens with one attached hydrogen (secondary N) is 1. The summed E-state index contributed by atoms with van der Waals surface area (Å²) in [6.45, 7) is 2.99. The molecule has 0 saturated carbocycles. The van der Waals surface area contributed by atoms with E-state index in [2.05, 4.69) is 12.2 Å². The fourth-order valence-corrected chi connectivity index (χ4v) is 1.87. The molecule has 1 fully saturated rings. The van der Waals surface area contributed by atoms with E-state index in [1.165, 1.54) is 0 Å². The Bertz CT molecular complexity index is 316. The van der Waals surface area contributed by atoms with E-state index < -0.39 is 0 Å². The standard InChI is InChI=1S/C11H14ClNO/c1-8-7-13-11(14-8)6-9-4-2-3-5-10(9)12/h2-5,8,11,13H,6-7H2,1H3. The van der Waals surface area contributed by atoms with Crippen molar-refractivity contribution in [3.8, 4) is 0 Å². The van der Waals surface area contributed by atoms with Gasteiger partial charge < -0.3 is 4.74 Å². The van der Waals surface area contributed by atoms with Crippen molar-refractivity contribution in [1.82, 2.24) is 5.32 Å². The predicted molar refractivity (Wildman–Crippen MR) is 57.5 cm³/mol. The summed E-state index contributed by atoms with van der Waals surface area (Å²) in [4.78, 5) is 0. The third kappa shape index (κ3) is 2.27. The van der Waals surface area contributed by atoms with Gasteiger partial charge in [-0.3, -0.25) is 5.32 Å². The Balaban J connectivity index is 2.01. The van der Waals surface area contributed by atoms with Crippen LogP contribution in [-0.2, 0) is 11.2 Å². The van der Waals surface area contributed by atoms with Crippen LogP contribution in [0.3, 0.4) is 0 Å². The van der Waals surface area contributed by atoms with Crippen molar-refractivity contribution >= 4 is 11.6 Å². The van der Waals surface area contributed by atoms with E-state index in [1.54, 1.807) is 0 Å². The second-order valence-electron chi connectivity index (χ2n) is 3.64. The van der Waals surface area contributed by atoms with Gasteiger partial charge in [0.05, 0.1) is 6.10 Å². The quantitative estimate of drug-likeness (QED) is 0.810. The zero-order valence-corrected chi connectivity index (χ0v) is 8.92. The molecule has 1 heterocycles. The number of ether oxygens (including phenoxy) is 1. The van der Waals surface area contributed by atoms with Gasteiger partial charge in [0.1, 0.15) is 6.23 Å². The summed E-state index contributed by atoms with van der Waals surface area (Å²) in [5, 5.41) is 4.12. The van der Waals surface area contributed by atoms with Crippen molar-refractivity contribution in [2.45, 2.75) is 25.7 Å². The van der Waals surface area contributed by atoms with E-state index in [-0.39, 0.29) is 6.23 Å². The highest BCUT2D eigenvalue weighted by molar-refractivity contribution is 6.31. The van der Waals surface area contributed by atoms with Crippen LogP contribution in [0.4, 0.5) is 0 Å². The Labute approximate surface area is 89.2 Å². The first-order chi connectivity index (χ1) is 6.75. The van der Waals surface area contributed by atoms with E-state index in [9.17, 15) is 0 Å². The maximum Gasteiger partial charge on any atom is 0.112 e. The summed E-state index contributed by atoms with van der Waals surface area (Å²) in [5.41, 5.74) is 1.14. The fraction of sp³-hybridized carbons (Fsp3) is 0.455. The molecule has 1 N–H and O–H groups in total. The third-order valence-corrected chi connectivity index (χ3v) is 2.76. The minimum atomic E-state index is 0.116. The lowest BCUT2D eigenvalue weighted by atomic mass is 10.1. The van der Waals surface area contributed by atoms with Crippen LogP contribution in [-0.4, -0.2) is 18.9 Å². The monoisotopic (exact) mass is 211 g/mol. The normalized spacial score (nSPS) is 26.7. The molecule has 14 heavy (non-hydrogen) atoms. The molecule has 76 valence electrons. The molecule has 1 aromatic rings. The Hall–Kier alpha value is -0.570. The summed E-state index contributed by atoms with van der Waals surface area (Å²) in [6, 6.07) is 7.89. The van der Waals surface area contributed by atoms with Crippen LogP contribution in [0.25, 0.3) is 0 Å². The second-order valence-corrected chi connectivity index (χ2v) is 4.05. The van der Waals surface area contributed by atoms with Crippen molar-refractivity contribution < 1.29 is 4.74 Å². The Kier molecular flexibility index (Phi) is 3.06. The highest BCUT2D eigenvalue weighted by Crippen LogP contribution is 2.18. The van der Waals surface area contributed by atoms with Crippen molar-refractivity contribution in [2.24, 2.45) is 0 Å². The van der Waals surface area contributed by atoms with Crippen LogP contribution in [0.1, 0.15) is 12.5 Å². The van der Waals surface area contributed by atoms with E-state index in [0.717, 1.165) is 23.6 Å². The van der Waals surface area contributed by atoms with Crippen molar-refractivity contribution in [3.05, 3.63) is 34.9 Å². The molecular weight excluding hydrogens is 198 g/mol. The Morgan fingerprint density at radius 2 is 2.29 bits per heavy atom. The van der Waals surface area contributed by atoms with Crippen LogP contribution in [0, 0.1) is 0 Å². The first-order valence-corrected chi connectivity index (χ1v) is 5.26. The lowest BCUT2D eigenvalue weighted by Gasteiger charge is -2.11. The molecule has 0 bridgehead atoms. The Morgan fingerprint density at radius 1 is 1.50 bits per heavy atom. The van der Waals surface area contributed by atoms with Crippen molar-refractivity contribution in [1.29, 1.82) is 0 Å². The fourth-order valence-electron chi connectivity index (χ4n) is 1.66. The van der Waals surface area contributed by atoms with Crippen LogP contribution < -0.4 is 5.32 Å². The van der Waals surface area contributed by atoms with Gasteiger partial charge in [-0.1, -0.05) is 29.8 Å². The molecule has 2 rings (SSSR count). The average Bonchev–Trinajstić information content (AvgIpc) is 2.56. The van der Waals surface area contributed by atoms with E-state index >= 15 is 0 Å². The molecule has 0 aliphatic carbocycles. The summed E-state index contributed by atoms with van der Waals surface area (Å²) in [7, 11) is 0. The minimum absolute atomic E-state index is 0.116. The van der Waals surface area contributed by atoms with Gasteiger partial charge >= 0.3 is 0 Å². The zero-order valence-electron chi connectivity index (χ0n) is 8.16. The SMILES string of the molecule is CC1CNC(Cc2ccccc2Cl)O1. The molecule has 3 heteroatoms. The number of hydrogen-bond acceptors (Lipinski definition) is 2. The lowest BCUT2D eigenvalue weighted by Crippen LogP contribution is -2.24. The first-order valence-electron chi connectivity index (χ1n) is 4.88. The van der Waals surface area contributed by atoms with E-state index in [4.69, 9.17) is 16.3 Å². The van der Waals surface area contributed by atoms with Gasteiger partial charge in [0.2, 0.25) is 0 Å². The Morgan fingerprint density at radius 3 is 2.93 bits per heavy atom. The lowest BCUT2D eigenvalue weighted by molar-refractivity contribution is 0.0521. The highest BCUT2D eigenvalue weighted by Gasteiger charge is 2.21. The van der Waals surface area contributed by atoms with Crippen molar-refractivity contribution in [3.63, 3.8) is 0 Å². The molecule has 2 unspecified atom stereocenters. The van der Waals surface area contributed by atoms with Crippen LogP contribution in [0.2, 0.25) is 5.02 Å².